The van der Waals surface area contributed by atoms with Crippen molar-refractivity contribution >= 4 is 5.69 Å². The minimum absolute atomic E-state index is 0.323. The summed E-state index contributed by atoms with van der Waals surface area (Å²) in [5.41, 5.74) is 2.24. The molecule has 1 aromatic carbocycles. The number of benzene rings is 1. The lowest BCUT2D eigenvalue weighted by Gasteiger charge is -2.15. The van der Waals surface area contributed by atoms with Crippen molar-refractivity contribution in [2.24, 2.45) is 0 Å². The predicted molar refractivity (Wildman–Crippen MR) is 73.2 cm³/mol. The van der Waals surface area contributed by atoms with E-state index in [0.717, 1.165) is 29.2 Å². The molecule has 96 valence electrons. The first-order valence-corrected chi connectivity index (χ1v) is 6.12. The Hall–Kier alpha value is -1.90. The molecule has 3 heteroatoms. The summed E-state index contributed by atoms with van der Waals surface area (Å²) in [6.45, 7) is 4.18. The Morgan fingerprint density at radius 3 is 2.78 bits per heavy atom. The molecule has 0 amide bonds. The number of aryl methyl sites for hydroxylation is 1. The first-order chi connectivity index (χ1) is 8.69. The molecule has 0 aliphatic carbocycles. The standard InChI is InChI=1S/C15H19NO2/c1-11-9-13(6-7-15(11)17-3)16-12(2)10-14-5-4-8-18-14/h4-9,12,16H,10H2,1-3H3. The van der Waals surface area contributed by atoms with Crippen molar-refractivity contribution < 1.29 is 9.15 Å². The van der Waals surface area contributed by atoms with Gasteiger partial charge in [0, 0.05) is 18.2 Å². The van der Waals surface area contributed by atoms with Crippen molar-refractivity contribution in [2.45, 2.75) is 26.3 Å². The highest BCUT2D eigenvalue weighted by atomic mass is 16.5. The van der Waals surface area contributed by atoms with Crippen LogP contribution in [-0.4, -0.2) is 13.2 Å². The molecule has 1 unspecified atom stereocenters. The number of ether oxygens (including phenoxy) is 1. The zero-order valence-corrected chi connectivity index (χ0v) is 11.1. The second kappa shape index (κ2) is 5.63. The molecule has 0 fully saturated rings. The van der Waals surface area contributed by atoms with Gasteiger partial charge >= 0.3 is 0 Å². The normalized spacial score (nSPS) is 12.2. The van der Waals surface area contributed by atoms with Gasteiger partial charge in [0.2, 0.25) is 0 Å². The third kappa shape index (κ3) is 3.06. The Morgan fingerprint density at radius 1 is 1.33 bits per heavy atom. The third-order valence-corrected chi connectivity index (χ3v) is 2.90. The van der Waals surface area contributed by atoms with Crippen LogP contribution in [0.25, 0.3) is 0 Å². The number of rotatable bonds is 5. The lowest BCUT2D eigenvalue weighted by atomic mass is 10.1. The number of hydrogen-bond acceptors (Lipinski definition) is 3. The molecular formula is C15H19NO2. The van der Waals surface area contributed by atoms with Crippen LogP contribution in [0.5, 0.6) is 5.75 Å². The van der Waals surface area contributed by atoms with Crippen molar-refractivity contribution in [1.82, 2.24) is 0 Å². The Labute approximate surface area is 108 Å². The molecule has 18 heavy (non-hydrogen) atoms. The van der Waals surface area contributed by atoms with E-state index in [2.05, 4.69) is 18.3 Å². The van der Waals surface area contributed by atoms with E-state index < -0.39 is 0 Å². The summed E-state index contributed by atoms with van der Waals surface area (Å²) >= 11 is 0. The van der Waals surface area contributed by atoms with E-state index >= 15 is 0 Å². The van der Waals surface area contributed by atoms with Gasteiger partial charge in [0.1, 0.15) is 11.5 Å². The second-order valence-corrected chi connectivity index (χ2v) is 4.51. The molecule has 3 nitrogen and oxygen atoms in total. The Kier molecular flexibility index (Phi) is 3.92. The summed E-state index contributed by atoms with van der Waals surface area (Å²) in [7, 11) is 1.69. The topological polar surface area (TPSA) is 34.4 Å². The van der Waals surface area contributed by atoms with Crippen LogP contribution < -0.4 is 10.1 Å². The molecule has 0 saturated heterocycles. The fourth-order valence-corrected chi connectivity index (χ4v) is 2.03. The highest BCUT2D eigenvalue weighted by Crippen LogP contribution is 2.22. The molecule has 0 radical (unpaired) electrons. The molecule has 1 N–H and O–H groups in total. The van der Waals surface area contributed by atoms with Gasteiger partial charge in [0.25, 0.3) is 0 Å². The number of methoxy groups -OCH3 is 1. The summed E-state index contributed by atoms with van der Waals surface area (Å²) in [6.07, 6.45) is 2.58. The molecule has 1 atom stereocenters. The van der Waals surface area contributed by atoms with Crippen LogP contribution in [-0.2, 0) is 6.42 Å². The molecule has 0 aliphatic rings. The number of hydrogen-bond donors (Lipinski definition) is 1. The molecule has 0 bridgehead atoms. The van der Waals surface area contributed by atoms with Crippen LogP contribution in [0.4, 0.5) is 5.69 Å². The molecule has 0 saturated carbocycles. The molecule has 1 heterocycles. The maximum Gasteiger partial charge on any atom is 0.121 e. The van der Waals surface area contributed by atoms with Crippen molar-refractivity contribution in [2.75, 3.05) is 12.4 Å². The van der Waals surface area contributed by atoms with Crippen LogP contribution in [0.3, 0.4) is 0 Å². The highest BCUT2D eigenvalue weighted by molar-refractivity contribution is 5.51. The molecule has 0 aliphatic heterocycles. The first-order valence-electron chi connectivity index (χ1n) is 6.12. The Morgan fingerprint density at radius 2 is 2.17 bits per heavy atom. The molecule has 0 spiro atoms. The first kappa shape index (κ1) is 12.6. The van der Waals surface area contributed by atoms with Gasteiger partial charge in [-0.05, 0) is 49.7 Å². The maximum absolute atomic E-state index is 5.34. The summed E-state index contributed by atoms with van der Waals surface area (Å²) in [5.74, 6) is 1.92. The van der Waals surface area contributed by atoms with Crippen LogP contribution >= 0.6 is 0 Å². The number of nitrogens with one attached hydrogen (secondary N) is 1. The van der Waals surface area contributed by atoms with E-state index in [-0.39, 0.29) is 0 Å². The van der Waals surface area contributed by atoms with Crippen LogP contribution in [0.1, 0.15) is 18.2 Å². The average Bonchev–Trinajstić information content (AvgIpc) is 2.82. The van der Waals surface area contributed by atoms with Gasteiger partial charge < -0.3 is 14.5 Å². The van der Waals surface area contributed by atoms with Crippen molar-refractivity contribution in [3.8, 4) is 5.75 Å². The van der Waals surface area contributed by atoms with Crippen molar-refractivity contribution in [3.05, 3.63) is 47.9 Å². The highest BCUT2D eigenvalue weighted by Gasteiger charge is 2.06. The third-order valence-electron chi connectivity index (χ3n) is 2.90. The number of furan rings is 1. The molecular weight excluding hydrogens is 226 g/mol. The smallest absolute Gasteiger partial charge is 0.121 e. The summed E-state index contributed by atoms with van der Waals surface area (Å²) in [5, 5.41) is 3.46. The summed E-state index contributed by atoms with van der Waals surface area (Å²) in [4.78, 5) is 0. The second-order valence-electron chi connectivity index (χ2n) is 4.51. The van der Waals surface area contributed by atoms with E-state index in [1.54, 1.807) is 13.4 Å². The van der Waals surface area contributed by atoms with Gasteiger partial charge in [-0.1, -0.05) is 0 Å². The summed E-state index contributed by atoms with van der Waals surface area (Å²) < 4.78 is 10.6. The van der Waals surface area contributed by atoms with Crippen LogP contribution in [0.15, 0.2) is 41.0 Å². The van der Waals surface area contributed by atoms with Gasteiger partial charge in [0.15, 0.2) is 0 Å². The molecule has 2 rings (SSSR count). The Balaban J connectivity index is 1.98. The van der Waals surface area contributed by atoms with E-state index in [4.69, 9.17) is 9.15 Å². The van der Waals surface area contributed by atoms with E-state index in [9.17, 15) is 0 Å². The van der Waals surface area contributed by atoms with Crippen LogP contribution in [0.2, 0.25) is 0 Å². The van der Waals surface area contributed by atoms with Gasteiger partial charge in [-0.25, -0.2) is 0 Å². The van der Waals surface area contributed by atoms with E-state index in [1.165, 1.54) is 0 Å². The fraction of sp³-hybridized carbons (Fsp3) is 0.333. The van der Waals surface area contributed by atoms with E-state index in [0.29, 0.717) is 6.04 Å². The predicted octanol–water partition coefficient (Wildman–Crippen LogP) is 3.64. The van der Waals surface area contributed by atoms with E-state index in [1.807, 2.05) is 31.2 Å². The quantitative estimate of drug-likeness (QED) is 0.873. The zero-order chi connectivity index (χ0) is 13.0. The lowest BCUT2D eigenvalue weighted by molar-refractivity contribution is 0.412. The molecule has 1 aromatic heterocycles. The van der Waals surface area contributed by atoms with Crippen molar-refractivity contribution in [1.29, 1.82) is 0 Å². The van der Waals surface area contributed by atoms with Gasteiger partial charge in [-0.2, -0.15) is 0 Å². The summed E-state index contributed by atoms with van der Waals surface area (Å²) in [6, 6.07) is 10.3. The monoisotopic (exact) mass is 245 g/mol. The SMILES string of the molecule is COc1ccc(NC(C)Cc2ccco2)cc1C. The minimum Gasteiger partial charge on any atom is -0.496 e. The minimum atomic E-state index is 0.323. The number of anilines is 1. The van der Waals surface area contributed by atoms with Gasteiger partial charge in [-0.15, -0.1) is 0 Å². The molecule has 2 aromatic rings. The maximum atomic E-state index is 5.34. The zero-order valence-electron chi connectivity index (χ0n) is 11.1. The van der Waals surface area contributed by atoms with Gasteiger partial charge in [-0.3, -0.25) is 0 Å². The Bertz CT molecular complexity index is 491. The van der Waals surface area contributed by atoms with Crippen molar-refractivity contribution in [3.63, 3.8) is 0 Å². The average molecular weight is 245 g/mol. The lowest BCUT2D eigenvalue weighted by Crippen LogP contribution is -2.17. The van der Waals surface area contributed by atoms with Gasteiger partial charge in [0.05, 0.1) is 13.4 Å². The van der Waals surface area contributed by atoms with Crippen LogP contribution in [0, 0.1) is 6.92 Å². The fourth-order valence-electron chi connectivity index (χ4n) is 2.03. The largest absolute Gasteiger partial charge is 0.496 e.